The van der Waals surface area contributed by atoms with Gasteiger partial charge in [0.15, 0.2) is 11.6 Å². The minimum Gasteiger partial charge on any atom is -0.487 e. The first-order valence-corrected chi connectivity index (χ1v) is 6.29. The molecule has 1 aromatic heterocycles. The van der Waals surface area contributed by atoms with Crippen molar-refractivity contribution in [2.75, 3.05) is 6.61 Å². The van der Waals surface area contributed by atoms with Gasteiger partial charge < -0.3 is 15.6 Å². The fourth-order valence-electron chi connectivity index (χ4n) is 2.52. The summed E-state index contributed by atoms with van der Waals surface area (Å²) in [7, 11) is 0. The van der Waals surface area contributed by atoms with Gasteiger partial charge in [0.2, 0.25) is 0 Å². The van der Waals surface area contributed by atoms with Crippen molar-refractivity contribution < 1.29 is 14.2 Å². The van der Waals surface area contributed by atoms with Crippen molar-refractivity contribution in [1.29, 1.82) is 0 Å². The van der Waals surface area contributed by atoms with E-state index in [4.69, 9.17) is 10.5 Å². The molecule has 3 N–H and O–H groups in total. The minimum absolute atomic E-state index is 0.0572. The first kappa shape index (κ1) is 12.4. The molecular weight excluding hydrogens is 249 g/mol. The maximum atomic E-state index is 13.9. The molecule has 6 heteroatoms. The molecule has 0 amide bonds. The lowest BCUT2D eigenvalue weighted by Gasteiger charge is -2.23. The maximum absolute atomic E-state index is 13.9. The van der Waals surface area contributed by atoms with E-state index in [0.717, 1.165) is 5.52 Å². The van der Waals surface area contributed by atoms with Gasteiger partial charge in [0.1, 0.15) is 6.61 Å². The van der Waals surface area contributed by atoms with Crippen LogP contribution in [0, 0.1) is 5.82 Å². The zero-order valence-electron chi connectivity index (χ0n) is 10.6. The quantitative estimate of drug-likeness (QED) is 0.843. The van der Waals surface area contributed by atoms with E-state index in [1.807, 2.05) is 6.92 Å². The van der Waals surface area contributed by atoms with Crippen molar-refractivity contribution >= 4 is 10.9 Å². The molecule has 0 aliphatic carbocycles. The molecule has 0 saturated heterocycles. The topological polar surface area (TPSA) is 73.3 Å². The smallest absolute Gasteiger partial charge is 0.166 e. The van der Waals surface area contributed by atoms with Crippen LogP contribution in [-0.2, 0) is 13.0 Å². The van der Waals surface area contributed by atoms with E-state index in [1.165, 1.54) is 6.07 Å². The Kier molecular flexibility index (Phi) is 2.91. The molecule has 3 rings (SSSR count). The first-order valence-electron chi connectivity index (χ1n) is 6.29. The molecule has 0 fully saturated rings. The number of aliphatic hydroxyl groups excluding tert-OH is 1. The molecule has 2 heterocycles. The maximum Gasteiger partial charge on any atom is 0.166 e. The van der Waals surface area contributed by atoms with Crippen molar-refractivity contribution in [2.24, 2.45) is 5.73 Å². The van der Waals surface area contributed by atoms with Gasteiger partial charge in [0.25, 0.3) is 0 Å². The SMILES string of the molecule is CC(N)Cn1ncc2cc(F)c3c(c21)C[C@H](O)CO3. The molecule has 2 aromatic rings. The molecule has 102 valence electrons. The highest BCUT2D eigenvalue weighted by Gasteiger charge is 2.25. The largest absolute Gasteiger partial charge is 0.487 e. The third-order valence-corrected chi connectivity index (χ3v) is 3.25. The molecule has 0 saturated carbocycles. The summed E-state index contributed by atoms with van der Waals surface area (Å²) in [5.74, 6) is -0.182. The summed E-state index contributed by atoms with van der Waals surface area (Å²) >= 11 is 0. The van der Waals surface area contributed by atoms with Crippen LogP contribution in [-0.4, -0.2) is 33.6 Å². The van der Waals surface area contributed by atoms with E-state index < -0.39 is 11.9 Å². The number of hydrogen-bond acceptors (Lipinski definition) is 4. The Morgan fingerprint density at radius 3 is 3.21 bits per heavy atom. The fourth-order valence-corrected chi connectivity index (χ4v) is 2.52. The second kappa shape index (κ2) is 4.47. The van der Waals surface area contributed by atoms with Gasteiger partial charge in [0, 0.05) is 23.4 Å². The fraction of sp³-hybridized carbons (Fsp3) is 0.462. The number of fused-ring (bicyclic) bond motifs is 3. The predicted molar refractivity (Wildman–Crippen MR) is 68.5 cm³/mol. The lowest BCUT2D eigenvalue weighted by atomic mass is 10.0. The number of benzene rings is 1. The third-order valence-electron chi connectivity index (χ3n) is 3.25. The minimum atomic E-state index is -0.615. The Hall–Kier alpha value is -1.66. The van der Waals surface area contributed by atoms with Crippen molar-refractivity contribution in [3.8, 4) is 5.75 Å². The van der Waals surface area contributed by atoms with Gasteiger partial charge >= 0.3 is 0 Å². The summed E-state index contributed by atoms with van der Waals surface area (Å²) in [5, 5.41) is 14.7. The van der Waals surface area contributed by atoms with E-state index in [1.54, 1.807) is 10.9 Å². The van der Waals surface area contributed by atoms with Gasteiger partial charge in [-0.15, -0.1) is 0 Å². The number of rotatable bonds is 2. The zero-order valence-corrected chi connectivity index (χ0v) is 10.6. The third kappa shape index (κ3) is 2.06. The lowest BCUT2D eigenvalue weighted by Crippen LogP contribution is -2.27. The summed E-state index contributed by atoms with van der Waals surface area (Å²) < 4.78 is 21.0. The summed E-state index contributed by atoms with van der Waals surface area (Å²) in [6.07, 6.45) is 1.37. The zero-order chi connectivity index (χ0) is 13.6. The van der Waals surface area contributed by atoms with Crippen molar-refractivity contribution in [3.63, 3.8) is 0 Å². The molecule has 19 heavy (non-hydrogen) atoms. The molecule has 1 unspecified atom stereocenters. The normalized spacial score (nSPS) is 20.1. The second-order valence-electron chi connectivity index (χ2n) is 5.08. The van der Waals surface area contributed by atoms with Crippen LogP contribution in [0.3, 0.4) is 0 Å². The van der Waals surface area contributed by atoms with Crippen LogP contribution >= 0.6 is 0 Å². The van der Waals surface area contributed by atoms with E-state index in [2.05, 4.69) is 5.10 Å². The van der Waals surface area contributed by atoms with Gasteiger partial charge in [-0.2, -0.15) is 5.10 Å². The Bertz CT molecular complexity index is 624. The lowest BCUT2D eigenvalue weighted by molar-refractivity contribution is 0.0896. The number of ether oxygens (including phenoxy) is 1. The Labute approximate surface area is 109 Å². The van der Waals surface area contributed by atoms with E-state index in [-0.39, 0.29) is 18.4 Å². The number of hydrogen-bond donors (Lipinski definition) is 2. The Balaban J connectivity index is 2.21. The van der Waals surface area contributed by atoms with Crippen molar-refractivity contribution in [3.05, 3.63) is 23.6 Å². The van der Waals surface area contributed by atoms with Gasteiger partial charge in [-0.3, -0.25) is 4.68 Å². The molecule has 1 aliphatic rings. The van der Waals surface area contributed by atoms with Crippen molar-refractivity contribution in [2.45, 2.75) is 32.0 Å². The van der Waals surface area contributed by atoms with Gasteiger partial charge in [-0.1, -0.05) is 0 Å². The highest BCUT2D eigenvalue weighted by molar-refractivity contribution is 5.85. The average Bonchev–Trinajstić information content (AvgIpc) is 2.71. The summed E-state index contributed by atoms with van der Waals surface area (Å²) in [4.78, 5) is 0. The van der Waals surface area contributed by atoms with E-state index in [9.17, 15) is 9.50 Å². The molecular formula is C13H16FN3O2. The standard InChI is InChI=1S/C13H16FN3O2/c1-7(15)5-17-12-8(4-16-17)2-11(14)13-10(12)3-9(18)6-19-13/h2,4,7,9,18H,3,5-6,15H2,1H3/t7?,9-/m0/s1. The number of nitrogens with two attached hydrogens (primary N) is 1. The average molecular weight is 265 g/mol. The summed E-state index contributed by atoms with van der Waals surface area (Å²) in [6.45, 7) is 2.54. The van der Waals surface area contributed by atoms with E-state index >= 15 is 0 Å². The van der Waals surface area contributed by atoms with Crippen LogP contribution in [0.2, 0.25) is 0 Å². The first-order chi connectivity index (χ1) is 9.06. The Morgan fingerprint density at radius 1 is 1.68 bits per heavy atom. The van der Waals surface area contributed by atoms with Crippen LogP contribution in [0.4, 0.5) is 4.39 Å². The van der Waals surface area contributed by atoms with Crippen molar-refractivity contribution in [1.82, 2.24) is 9.78 Å². The molecule has 1 aromatic carbocycles. The number of nitrogens with zero attached hydrogens (tertiary/aromatic N) is 2. The van der Waals surface area contributed by atoms with Gasteiger partial charge in [0.05, 0.1) is 24.4 Å². The molecule has 0 radical (unpaired) electrons. The number of halogens is 1. The highest BCUT2D eigenvalue weighted by atomic mass is 19.1. The molecule has 2 atom stereocenters. The van der Waals surface area contributed by atoms with Crippen LogP contribution in [0.15, 0.2) is 12.3 Å². The predicted octanol–water partition coefficient (Wildman–Crippen LogP) is 0.818. The molecule has 0 bridgehead atoms. The van der Waals surface area contributed by atoms with E-state index in [0.29, 0.717) is 23.9 Å². The monoisotopic (exact) mass is 265 g/mol. The summed E-state index contributed by atoms with van der Waals surface area (Å²) in [5.41, 5.74) is 7.26. The highest BCUT2D eigenvalue weighted by Crippen LogP contribution is 2.34. The van der Waals surface area contributed by atoms with Crippen LogP contribution in [0.1, 0.15) is 12.5 Å². The molecule has 5 nitrogen and oxygen atoms in total. The molecule has 0 spiro atoms. The second-order valence-corrected chi connectivity index (χ2v) is 5.08. The number of aromatic nitrogens is 2. The van der Waals surface area contributed by atoms with Gasteiger partial charge in [-0.25, -0.2) is 4.39 Å². The van der Waals surface area contributed by atoms with Crippen LogP contribution < -0.4 is 10.5 Å². The Morgan fingerprint density at radius 2 is 2.47 bits per heavy atom. The molecule has 1 aliphatic heterocycles. The van der Waals surface area contributed by atoms with Crippen LogP contribution in [0.5, 0.6) is 5.75 Å². The van der Waals surface area contributed by atoms with Crippen LogP contribution in [0.25, 0.3) is 10.9 Å². The summed E-state index contributed by atoms with van der Waals surface area (Å²) in [6, 6.07) is 1.36. The number of aliphatic hydroxyl groups is 1. The van der Waals surface area contributed by atoms with Gasteiger partial charge in [-0.05, 0) is 13.0 Å².